The summed E-state index contributed by atoms with van der Waals surface area (Å²) in [6.45, 7) is 6.70. The Balaban J connectivity index is 2.48. The number of carbonyl (C=O) groups is 2. The van der Waals surface area contributed by atoms with Crippen LogP contribution in [0.1, 0.15) is 37.6 Å². The molecule has 0 unspecified atom stereocenters. The smallest absolute Gasteiger partial charge is 0.257 e. The first kappa shape index (κ1) is 24.9. The van der Waals surface area contributed by atoms with Gasteiger partial charge in [-0.05, 0) is 25.1 Å². The molecule has 0 aliphatic carbocycles. The van der Waals surface area contributed by atoms with Gasteiger partial charge in [0.05, 0.1) is 24.0 Å². The van der Waals surface area contributed by atoms with Crippen molar-refractivity contribution >= 4 is 27.5 Å². The number of fused-ring (bicyclic) bond motifs is 1. The van der Waals surface area contributed by atoms with Gasteiger partial charge in [0, 0.05) is 45.3 Å². The van der Waals surface area contributed by atoms with Gasteiger partial charge in [0.15, 0.2) is 0 Å². The van der Waals surface area contributed by atoms with Crippen molar-refractivity contribution in [1.82, 2.24) is 9.80 Å². The van der Waals surface area contributed by atoms with Gasteiger partial charge in [0.1, 0.15) is 12.4 Å². The number of benzene rings is 1. The van der Waals surface area contributed by atoms with Crippen molar-refractivity contribution < 1.29 is 27.5 Å². The van der Waals surface area contributed by atoms with Crippen LogP contribution in [-0.2, 0) is 19.6 Å². The first-order valence-electron chi connectivity index (χ1n) is 10.3. The second kappa shape index (κ2) is 10.3. The summed E-state index contributed by atoms with van der Waals surface area (Å²) in [5.41, 5.74) is 0.506. The molecule has 174 valence electrons. The minimum atomic E-state index is -3.50. The van der Waals surface area contributed by atoms with E-state index < -0.39 is 10.0 Å². The highest BCUT2D eigenvalue weighted by Crippen LogP contribution is 2.27. The van der Waals surface area contributed by atoms with Gasteiger partial charge >= 0.3 is 0 Å². The summed E-state index contributed by atoms with van der Waals surface area (Å²) in [5, 5.41) is 0. The van der Waals surface area contributed by atoms with Crippen LogP contribution in [0.4, 0.5) is 5.69 Å². The molecule has 1 aliphatic heterocycles. The number of sulfonamides is 1. The average Bonchev–Trinajstić information content (AvgIpc) is 2.71. The number of hydrogen-bond acceptors (Lipinski definition) is 6. The molecule has 1 aromatic rings. The van der Waals surface area contributed by atoms with Gasteiger partial charge in [-0.3, -0.25) is 14.3 Å². The van der Waals surface area contributed by atoms with E-state index in [4.69, 9.17) is 9.47 Å². The van der Waals surface area contributed by atoms with Crippen LogP contribution >= 0.6 is 0 Å². The lowest BCUT2D eigenvalue weighted by Crippen LogP contribution is -2.48. The molecule has 10 heteroatoms. The Morgan fingerprint density at radius 3 is 2.55 bits per heavy atom. The van der Waals surface area contributed by atoms with E-state index in [1.165, 1.54) is 11.0 Å². The largest absolute Gasteiger partial charge is 0.491 e. The Morgan fingerprint density at radius 2 is 1.97 bits per heavy atom. The molecular weight excluding hydrogens is 422 g/mol. The van der Waals surface area contributed by atoms with Crippen LogP contribution in [-0.4, -0.2) is 82.3 Å². The Morgan fingerprint density at radius 1 is 1.29 bits per heavy atom. The van der Waals surface area contributed by atoms with E-state index in [1.807, 2.05) is 20.8 Å². The number of methoxy groups -OCH3 is 1. The Kier molecular flexibility index (Phi) is 8.30. The van der Waals surface area contributed by atoms with Crippen LogP contribution in [0.15, 0.2) is 18.2 Å². The highest BCUT2D eigenvalue weighted by Gasteiger charge is 2.30. The normalized spacial score (nSPS) is 23.3. The quantitative estimate of drug-likeness (QED) is 0.742. The molecule has 1 heterocycles. The molecule has 9 nitrogen and oxygen atoms in total. The first-order chi connectivity index (χ1) is 14.5. The number of hydrogen-bond donors (Lipinski definition) is 1. The molecule has 0 saturated carbocycles. The molecule has 1 aliphatic rings. The fraction of sp³-hybridized carbons (Fsp3) is 0.619. The van der Waals surface area contributed by atoms with Gasteiger partial charge in [-0.2, -0.15) is 0 Å². The zero-order chi connectivity index (χ0) is 23.3. The lowest BCUT2D eigenvalue weighted by molar-refractivity contribution is -0.135. The van der Waals surface area contributed by atoms with Crippen molar-refractivity contribution in [1.29, 1.82) is 0 Å². The second-order valence-corrected chi connectivity index (χ2v) is 9.83. The van der Waals surface area contributed by atoms with Crippen molar-refractivity contribution in [3.05, 3.63) is 23.8 Å². The minimum Gasteiger partial charge on any atom is -0.491 e. The fourth-order valence-electron chi connectivity index (χ4n) is 3.60. The monoisotopic (exact) mass is 455 g/mol. The van der Waals surface area contributed by atoms with Crippen LogP contribution in [0.2, 0.25) is 0 Å². The molecule has 0 bridgehead atoms. The van der Waals surface area contributed by atoms with Gasteiger partial charge in [-0.15, -0.1) is 0 Å². The van der Waals surface area contributed by atoms with E-state index in [1.54, 1.807) is 31.2 Å². The third-order valence-electron chi connectivity index (χ3n) is 5.37. The van der Waals surface area contributed by atoms with Gasteiger partial charge in [-0.25, -0.2) is 8.42 Å². The van der Waals surface area contributed by atoms with Crippen LogP contribution in [0, 0.1) is 5.92 Å². The van der Waals surface area contributed by atoms with Crippen LogP contribution in [0.3, 0.4) is 0 Å². The number of nitrogens with zero attached hydrogens (tertiary/aromatic N) is 2. The van der Waals surface area contributed by atoms with Gasteiger partial charge < -0.3 is 19.3 Å². The van der Waals surface area contributed by atoms with E-state index in [2.05, 4.69) is 4.72 Å². The highest BCUT2D eigenvalue weighted by atomic mass is 32.2. The van der Waals surface area contributed by atoms with E-state index in [9.17, 15) is 18.0 Å². The molecular formula is C21H33N3O6S. The topological polar surface area (TPSA) is 105 Å². The summed E-state index contributed by atoms with van der Waals surface area (Å²) in [5.74, 6) is 0.0212. The SMILES string of the molecule is CCC(=O)N1C[C@H](C)[C@@H](OC)CN(C)C(=O)c2cc(NS(C)(=O)=O)ccc2OC[C@@H]1C. The number of anilines is 1. The number of nitrogens with one attached hydrogen (secondary N) is 1. The van der Waals surface area contributed by atoms with Gasteiger partial charge in [0.25, 0.3) is 5.91 Å². The number of ether oxygens (including phenoxy) is 2. The predicted octanol–water partition coefficient (Wildman–Crippen LogP) is 1.80. The lowest BCUT2D eigenvalue weighted by Gasteiger charge is -2.36. The van der Waals surface area contributed by atoms with Gasteiger partial charge in [-0.1, -0.05) is 13.8 Å². The summed E-state index contributed by atoms with van der Waals surface area (Å²) in [6.07, 6.45) is 1.14. The van der Waals surface area contributed by atoms with Crippen molar-refractivity contribution in [2.75, 3.05) is 44.8 Å². The second-order valence-electron chi connectivity index (χ2n) is 8.08. The van der Waals surface area contributed by atoms with Crippen molar-refractivity contribution in [3.63, 3.8) is 0 Å². The lowest BCUT2D eigenvalue weighted by atomic mass is 10.0. The molecule has 0 radical (unpaired) electrons. The Labute approximate surface area is 184 Å². The first-order valence-corrected chi connectivity index (χ1v) is 12.2. The minimum absolute atomic E-state index is 0.0182. The molecule has 0 saturated heterocycles. The summed E-state index contributed by atoms with van der Waals surface area (Å²) < 4.78 is 37.2. The summed E-state index contributed by atoms with van der Waals surface area (Å²) in [4.78, 5) is 29.1. The molecule has 2 rings (SSSR count). The maximum Gasteiger partial charge on any atom is 0.257 e. The Bertz CT molecular complexity index is 904. The van der Waals surface area contributed by atoms with E-state index in [0.29, 0.717) is 25.3 Å². The molecule has 1 N–H and O–H groups in total. The van der Waals surface area contributed by atoms with Crippen molar-refractivity contribution in [2.45, 2.75) is 39.3 Å². The van der Waals surface area contributed by atoms with E-state index >= 15 is 0 Å². The molecule has 3 atom stereocenters. The summed E-state index contributed by atoms with van der Waals surface area (Å²) >= 11 is 0. The Hall–Kier alpha value is -2.33. The molecule has 0 aromatic heterocycles. The zero-order valence-corrected chi connectivity index (χ0v) is 19.9. The molecule has 31 heavy (non-hydrogen) atoms. The third-order valence-corrected chi connectivity index (χ3v) is 5.98. The number of rotatable bonds is 4. The highest BCUT2D eigenvalue weighted by molar-refractivity contribution is 7.92. The fourth-order valence-corrected chi connectivity index (χ4v) is 4.16. The van der Waals surface area contributed by atoms with Crippen molar-refractivity contribution in [2.24, 2.45) is 5.92 Å². The summed E-state index contributed by atoms with van der Waals surface area (Å²) in [7, 11) is -0.256. The van der Waals surface area contributed by atoms with Crippen LogP contribution in [0.5, 0.6) is 5.75 Å². The predicted molar refractivity (Wildman–Crippen MR) is 119 cm³/mol. The molecule has 1 aromatic carbocycles. The number of carbonyl (C=O) groups excluding carboxylic acids is 2. The zero-order valence-electron chi connectivity index (χ0n) is 19.0. The maximum atomic E-state index is 13.2. The van der Waals surface area contributed by atoms with E-state index in [0.717, 1.165) is 6.26 Å². The molecule has 0 spiro atoms. The average molecular weight is 456 g/mol. The number of likely N-dealkylation sites (N-methyl/N-ethyl adjacent to an activating group) is 1. The van der Waals surface area contributed by atoms with E-state index in [-0.39, 0.29) is 47.7 Å². The van der Waals surface area contributed by atoms with Gasteiger partial charge in [0.2, 0.25) is 15.9 Å². The standard InChI is InChI=1S/C21H33N3O6S/c1-7-20(25)24-11-14(2)19(29-5)12-23(4)21(26)17-10-16(22-31(6,27)28)8-9-18(17)30-13-15(24)3/h8-10,14-15,19,22H,7,11-13H2,1-6H3/t14-,15-,19-/m0/s1. The third kappa shape index (κ3) is 6.57. The van der Waals surface area contributed by atoms with Crippen LogP contribution < -0.4 is 9.46 Å². The summed E-state index contributed by atoms with van der Waals surface area (Å²) in [6, 6.07) is 4.35. The van der Waals surface area contributed by atoms with Crippen molar-refractivity contribution in [3.8, 4) is 5.75 Å². The molecule has 2 amide bonds. The van der Waals surface area contributed by atoms with Crippen LogP contribution in [0.25, 0.3) is 0 Å². The number of amides is 2. The maximum absolute atomic E-state index is 13.2. The molecule has 0 fully saturated rings.